The topological polar surface area (TPSA) is 76.5 Å². The molecule has 2 aromatic carbocycles. The number of nitrogens with zero attached hydrogens (tertiary/aromatic N) is 3. The van der Waals surface area contributed by atoms with Crippen molar-refractivity contribution in [1.82, 2.24) is 19.8 Å². The number of para-hydroxylation sites is 2. The highest BCUT2D eigenvalue weighted by Crippen LogP contribution is 2.21. The van der Waals surface area contributed by atoms with Crippen LogP contribution in [0.25, 0.3) is 11.0 Å². The van der Waals surface area contributed by atoms with Crippen LogP contribution in [0.15, 0.2) is 48.5 Å². The molecule has 0 fully saturated rings. The summed E-state index contributed by atoms with van der Waals surface area (Å²) in [5, 5.41) is 3.03. The molecule has 3 aromatic rings. The fourth-order valence-electron chi connectivity index (χ4n) is 3.69. The monoisotopic (exact) mass is 422 g/mol. The molecule has 1 unspecified atom stereocenters. The van der Waals surface area contributed by atoms with Crippen molar-refractivity contribution in [1.29, 1.82) is 0 Å². The van der Waals surface area contributed by atoms with Gasteiger partial charge >= 0.3 is 0 Å². The van der Waals surface area contributed by atoms with Gasteiger partial charge in [-0.2, -0.15) is 0 Å². The average Bonchev–Trinajstić information content (AvgIpc) is 3.13. The van der Waals surface area contributed by atoms with Crippen LogP contribution < -0.4 is 10.1 Å². The molecule has 0 radical (unpaired) electrons. The highest BCUT2D eigenvalue weighted by atomic mass is 16.5. The number of likely N-dealkylation sites (N-methyl/N-ethyl adjacent to an activating group) is 1. The van der Waals surface area contributed by atoms with Gasteiger partial charge < -0.3 is 19.5 Å². The minimum atomic E-state index is -0.345. The first-order chi connectivity index (χ1) is 15.0. The second kappa shape index (κ2) is 10.1. The van der Waals surface area contributed by atoms with E-state index in [0.717, 1.165) is 22.3 Å². The maximum atomic E-state index is 12.8. The predicted molar refractivity (Wildman–Crippen MR) is 121 cm³/mol. The smallest absolute Gasteiger partial charge is 0.242 e. The number of hydrogen-bond acceptors (Lipinski definition) is 4. The van der Waals surface area contributed by atoms with Gasteiger partial charge in [-0.05, 0) is 50.6 Å². The molecule has 0 aliphatic rings. The van der Waals surface area contributed by atoms with Crippen molar-refractivity contribution in [2.75, 3.05) is 20.2 Å². The van der Waals surface area contributed by atoms with E-state index in [2.05, 4.69) is 5.32 Å². The van der Waals surface area contributed by atoms with Crippen LogP contribution in [0.3, 0.4) is 0 Å². The van der Waals surface area contributed by atoms with Crippen molar-refractivity contribution in [3.05, 3.63) is 59.9 Å². The predicted octanol–water partition coefficient (Wildman–Crippen LogP) is 3.33. The molecule has 7 nitrogen and oxygen atoms in total. The number of carbonyl (C=O) groups is 2. The third-order valence-electron chi connectivity index (χ3n) is 5.38. The second-order valence-corrected chi connectivity index (χ2v) is 7.42. The summed E-state index contributed by atoms with van der Waals surface area (Å²) in [6.45, 7) is 7.34. The Bertz CT molecular complexity index is 1040. The van der Waals surface area contributed by atoms with Crippen molar-refractivity contribution in [2.24, 2.45) is 0 Å². The summed E-state index contributed by atoms with van der Waals surface area (Å²) in [5.41, 5.74) is 2.59. The molecule has 31 heavy (non-hydrogen) atoms. The Hall–Kier alpha value is -3.35. The molecule has 0 aliphatic carbocycles. The van der Waals surface area contributed by atoms with Crippen molar-refractivity contribution in [2.45, 2.75) is 39.8 Å². The van der Waals surface area contributed by atoms with Gasteiger partial charge in [0.25, 0.3) is 0 Å². The third kappa shape index (κ3) is 5.23. The zero-order valence-corrected chi connectivity index (χ0v) is 18.6. The molecule has 0 saturated heterocycles. The first-order valence-corrected chi connectivity index (χ1v) is 10.6. The lowest BCUT2D eigenvalue weighted by atomic mass is 10.1. The average molecular weight is 423 g/mol. The first kappa shape index (κ1) is 22.3. The van der Waals surface area contributed by atoms with E-state index in [4.69, 9.17) is 9.72 Å². The number of hydrogen-bond donors (Lipinski definition) is 1. The Labute approximate surface area is 183 Å². The van der Waals surface area contributed by atoms with Crippen LogP contribution in [0, 0.1) is 0 Å². The first-order valence-electron chi connectivity index (χ1n) is 10.6. The number of amides is 2. The molecular formula is C24H30N4O3. The van der Waals surface area contributed by atoms with Gasteiger partial charge in [-0.15, -0.1) is 0 Å². The zero-order valence-electron chi connectivity index (χ0n) is 18.6. The van der Waals surface area contributed by atoms with Gasteiger partial charge in [0.2, 0.25) is 11.8 Å². The molecule has 7 heteroatoms. The van der Waals surface area contributed by atoms with Crippen molar-refractivity contribution in [3.63, 3.8) is 0 Å². The van der Waals surface area contributed by atoms with E-state index < -0.39 is 0 Å². The number of rotatable bonds is 9. The van der Waals surface area contributed by atoms with Gasteiger partial charge in [0.15, 0.2) is 0 Å². The Balaban J connectivity index is 1.80. The van der Waals surface area contributed by atoms with E-state index in [0.29, 0.717) is 18.9 Å². The van der Waals surface area contributed by atoms with E-state index in [9.17, 15) is 9.59 Å². The summed E-state index contributed by atoms with van der Waals surface area (Å²) < 4.78 is 7.07. The van der Waals surface area contributed by atoms with Gasteiger partial charge in [0.05, 0.1) is 30.6 Å². The summed E-state index contributed by atoms with van der Waals surface area (Å²) in [7, 11) is 1.61. The normalized spacial score (nSPS) is 11.9. The number of aromatic nitrogens is 2. The molecule has 0 saturated carbocycles. The Morgan fingerprint density at radius 2 is 1.77 bits per heavy atom. The van der Waals surface area contributed by atoms with Crippen molar-refractivity contribution in [3.8, 4) is 5.75 Å². The lowest BCUT2D eigenvalue weighted by molar-refractivity contribution is -0.131. The highest BCUT2D eigenvalue weighted by molar-refractivity contribution is 5.82. The number of ether oxygens (including phenoxy) is 1. The summed E-state index contributed by atoms with van der Waals surface area (Å²) >= 11 is 0. The summed E-state index contributed by atoms with van der Waals surface area (Å²) in [6.07, 6.45) is 0.257. The highest BCUT2D eigenvalue weighted by Gasteiger charge is 2.21. The molecule has 1 atom stereocenters. The lowest BCUT2D eigenvalue weighted by Gasteiger charge is -2.21. The van der Waals surface area contributed by atoms with E-state index >= 15 is 0 Å². The Morgan fingerprint density at radius 3 is 2.42 bits per heavy atom. The molecule has 164 valence electrons. The van der Waals surface area contributed by atoms with Crippen LogP contribution in [-0.4, -0.2) is 46.5 Å². The summed E-state index contributed by atoms with van der Waals surface area (Å²) in [4.78, 5) is 31.9. The lowest BCUT2D eigenvalue weighted by Crippen LogP contribution is -2.35. The second-order valence-electron chi connectivity index (χ2n) is 7.42. The van der Waals surface area contributed by atoms with Gasteiger partial charge in [-0.25, -0.2) is 4.98 Å². The number of carbonyl (C=O) groups excluding carboxylic acids is 2. The molecule has 1 aromatic heterocycles. The fourth-order valence-corrected chi connectivity index (χ4v) is 3.69. The summed E-state index contributed by atoms with van der Waals surface area (Å²) in [6, 6.07) is 14.8. The minimum Gasteiger partial charge on any atom is -0.497 e. The Morgan fingerprint density at radius 1 is 1.10 bits per heavy atom. The number of nitrogens with one attached hydrogen (secondary N) is 1. The van der Waals surface area contributed by atoms with Crippen LogP contribution in [0.4, 0.5) is 0 Å². The van der Waals surface area contributed by atoms with E-state index in [1.54, 1.807) is 12.0 Å². The van der Waals surface area contributed by atoms with Gasteiger partial charge in [-0.3, -0.25) is 9.59 Å². The van der Waals surface area contributed by atoms with Crippen LogP contribution in [0.2, 0.25) is 0 Å². The van der Waals surface area contributed by atoms with Gasteiger partial charge in [0.1, 0.15) is 18.1 Å². The molecule has 0 aliphatic heterocycles. The van der Waals surface area contributed by atoms with Crippen molar-refractivity contribution >= 4 is 22.8 Å². The van der Waals surface area contributed by atoms with Crippen LogP contribution >= 0.6 is 0 Å². The molecule has 0 bridgehead atoms. The number of imidazole rings is 1. The number of fused-ring (bicyclic) bond motifs is 1. The van der Waals surface area contributed by atoms with Crippen LogP contribution in [0.1, 0.15) is 38.2 Å². The minimum absolute atomic E-state index is 0.0335. The Kier molecular flexibility index (Phi) is 7.28. The molecule has 3 rings (SSSR count). The third-order valence-corrected chi connectivity index (χ3v) is 5.38. The zero-order chi connectivity index (χ0) is 22.4. The SMILES string of the molecule is CCN(CC)C(=O)Cn1c(C(C)NC(=O)Cc2ccc(OC)cc2)nc2ccccc21. The molecule has 1 N–H and O–H groups in total. The molecular weight excluding hydrogens is 392 g/mol. The quantitative estimate of drug-likeness (QED) is 0.574. The maximum absolute atomic E-state index is 12.8. The van der Waals surface area contributed by atoms with Crippen molar-refractivity contribution < 1.29 is 14.3 Å². The number of methoxy groups -OCH3 is 1. The van der Waals surface area contributed by atoms with E-state index in [-0.39, 0.29) is 30.8 Å². The summed E-state index contributed by atoms with van der Waals surface area (Å²) in [5.74, 6) is 1.35. The molecule has 1 heterocycles. The molecule has 0 spiro atoms. The van der Waals surface area contributed by atoms with E-state index in [1.165, 1.54) is 0 Å². The van der Waals surface area contributed by atoms with Crippen LogP contribution in [-0.2, 0) is 22.6 Å². The van der Waals surface area contributed by atoms with Gasteiger partial charge in [0, 0.05) is 13.1 Å². The van der Waals surface area contributed by atoms with Crippen LogP contribution in [0.5, 0.6) is 5.75 Å². The standard InChI is InChI=1S/C24H30N4O3/c1-5-27(6-2)23(30)16-28-21-10-8-7-9-20(21)26-24(28)17(3)25-22(29)15-18-11-13-19(31-4)14-12-18/h7-14,17H,5-6,15-16H2,1-4H3,(H,25,29). The van der Waals surface area contributed by atoms with Gasteiger partial charge in [-0.1, -0.05) is 24.3 Å². The fraction of sp³-hybridized carbons (Fsp3) is 0.375. The van der Waals surface area contributed by atoms with E-state index in [1.807, 2.05) is 73.9 Å². The number of benzene rings is 2. The maximum Gasteiger partial charge on any atom is 0.242 e. The molecule has 2 amide bonds. The largest absolute Gasteiger partial charge is 0.497 e.